The lowest BCUT2D eigenvalue weighted by molar-refractivity contribution is -0.138. The lowest BCUT2D eigenvalue weighted by Gasteiger charge is -2.25. The Morgan fingerprint density at radius 1 is 1.17 bits per heavy atom. The van der Waals surface area contributed by atoms with Gasteiger partial charge in [-0.3, -0.25) is 4.79 Å². The molecule has 0 aliphatic heterocycles. The number of likely N-dealkylation sites (N-methyl/N-ethyl adjacent to an activating group) is 1. The number of amides is 1. The molecule has 0 atom stereocenters. The summed E-state index contributed by atoms with van der Waals surface area (Å²) in [6.45, 7) is 2.05. The molecule has 0 saturated heterocycles. The van der Waals surface area contributed by atoms with Gasteiger partial charge in [0.05, 0.1) is 6.10 Å². The first-order valence-corrected chi connectivity index (χ1v) is 8.33. The minimum atomic E-state index is -0.260. The van der Waals surface area contributed by atoms with Gasteiger partial charge in [0.1, 0.15) is 12.4 Å². The van der Waals surface area contributed by atoms with Gasteiger partial charge in [0, 0.05) is 19.6 Å². The molecule has 2 rings (SSSR count). The van der Waals surface area contributed by atoms with Crippen LogP contribution in [0.3, 0.4) is 0 Å². The van der Waals surface area contributed by atoms with Crippen LogP contribution < -0.4 is 0 Å². The Morgan fingerprint density at radius 3 is 2.43 bits per heavy atom. The third kappa shape index (κ3) is 6.28. The summed E-state index contributed by atoms with van der Waals surface area (Å²) in [4.78, 5) is 16.3. The van der Waals surface area contributed by atoms with Gasteiger partial charge in [0.2, 0.25) is 5.91 Å². The maximum absolute atomic E-state index is 13.0. The highest BCUT2D eigenvalue weighted by molar-refractivity contribution is 5.77. The van der Waals surface area contributed by atoms with Crippen molar-refractivity contribution in [1.82, 2.24) is 9.80 Å². The molecule has 0 spiro atoms. The summed E-state index contributed by atoms with van der Waals surface area (Å²) in [6, 6.07) is 6.31. The van der Waals surface area contributed by atoms with Crippen molar-refractivity contribution in [2.75, 3.05) is 33.8 Å². The van der Waals surface area contributed by atoms with E-state index in [0.717, 1.165) is 24.9 Å². The summed E-state index contributed by atoms with van der Waals surface area (Å²) in [6.07, 6.45) is 4.74. The fraction of sp³-hybridized carbons (Fsp3) is 0.611. The molecule has 0 heterocycles. The Kier molecular flexibility index (Phi) is 6.99. The molecular weight excluding hydrogens is 295 g/mol. The van der Waals surface area contributed by atoms with E-state index in [-0.39, 0.29) is 24.4 Å². The summed E-state index contributed by atoms with van der Waals surface area (Å²) in [7, 11) is 3.96. The summed E-state index contributed by atoms with van der Waals surface area (Å²) < 4.78 is 18.8. The molecule has 0 radical (unpaired) electrons. The van der Waals surface area contributed by atoms with E-state index in [4.69, 9.17) is 4.74 Å². The van der Waals surface area contributed by atoms with Crippen LogP contribution in [0.5, 0.6) is 0 Å². The topological polar surface area (TPSA) is 32.8 Å². The predicted octanol–water partition coefficient (Wildman–Crippen LogP) is 2.68. The van der Waals surface area contributed by atoms with Gasteiger partial charge in [0.15, 0.2) is 0 Å². The van der Waals surface area contributed by atoms with Gasteiger partial charge in [-0.15, -0.1) is 0 Å². The summed E-state index contributed by atoms with van der Waals surface area (Å²) in [5.41, 5.74) is 0.930. The van der Waals surface area contributed by atoms with E-state index in [9.17, 15) is 9.18 Å². The van der Waals surface area contributed by atoms with Gasteiger partial charge in [-0.1, -0.05) is 25.0 Å². The molecule has 1 fully saturated rings. The highest BCUT2D eigenvalue weighted by Crippen LogP contribution is 2.21. The molecule has 1 aliphatic rings. The highest BCUT2D eigenvalue weighted by Gasteiger charge is 2.19. The normalized spacial score (nSPS) is 15.3. The van der Waals surface area contributed by atoms with Crippen molar-refractivity contribution in [2.45, 2.75) is 38.3 Å². The lowest BCUT2D eigenvalue weighted by atomic mass is 10.2. The molecule has 1 aromatic carbocycles. The van der Waals surface area contributed by atoms with Crippen LogP contribution in [0.15, 0.2) is 24.3 Å². The molecule has 0 N–H and O–H groups in total. The van der Waals surface area contributed by atoms with Crippen LogP contribution in [0.2, 0.25) is 0 Å². The van der Waals surface area contributed by atoms with Crippen LogP contribution >= 0.6 is 0 Å². The van der Waals surface area contributed by atoms with E-state index >= 15 is 0 Å². The van der Waals surface area contributed by atoms with Crippen molar-refractivity contribution in [3.63, 3.8) is 0 Å². The minimum Gasteiger partial charge on any atom is -0.368 e. The first kappa shape index (κ1) is 17.9. The zero-order valence-corrected chi connectivity index (χ0v) is 14.1. The molecule has 0 unspecified atom stereocenters. The highest BCUT2D eigenvalue weighted by atomic mass is 19.1. The largest absolute Gasteiger partial charge is 0.368 e. The van der Waals surface area contributed by atoms with Crippen molar-refractivity contribution in [3.05, 3.63) is 35.6 Å². The first-order chi connectivity index (χ1) is 11.0. The molecule has 0 aromatic heterocycles. The number of benzene rings is 1. The molecule has 1 amide bonds. The molecule has 5 heteroatoms. The molecule has 4 nitrogen and oxygen atoms in total. The predicted molar refractivity (Wildman–Crippen MR) is 88.6 cm³/mol. The molecule has 0 bridgehead atoms. The van der Waals surface area contributed by atoms with E-state index in [1.54, 1.807) is 17.0 Å². The van der Waals surface area contributed by atoms with Crippen LogP contribution in [0.4, 0.5) is 4.39 Å². The second-order valence-electron chi connectivity index (χ2n) is 6.46. The summed E-state index contributed by atoms with van der Waals surface area (Å²) >= 11 is 0. The number of carbonyl (C=O) groups is 1. The van der Waals surface area contributed by atoms with E-state index in [2.05, 4.69) is 0 Å². The number of rotatable bonds is 8. The molecule has 1 aromatic rings. The standard InChI is InChI=1S/C18H27FN2O2/c1-20(2)11-12-21(13-15-7-9-16(19)10-8-15)18(22)14-23-17-5-3-4-6-17/h7-10,17H,3-6,11-14H2,1-2H3. The van der Waals surface area contributed by atoms with Crippen molar-refractivity contribution in [2.24, 2.45) is 0 Å². The Hall–Kier alpha value is -1.46. The number of ether oxygens (including phenoxy) is 1. The van der Waals surface area contributed by atoms with Gasteiger partial charge in [-0.2, -0.15) is 0 Å². The Bertz CT molecular complexity index is 484. The maximum atomic E-state index is 13.0. The van der Waals surface area contributed by atoms with E-state index in [0.29, 0.717) is 13.1 Å². The number of nitrogens with zero attached hydrogens (tertiary/aromatic N) is 2. The number of halogens is 1. The maximum Gasteiger partial charge on any atom is 0.248 e. The Balaban J connectivity index is 1.91. The third-order valence-electron chi connectivity index (χ3n) is 4.20. The molecule has 23 heavy (non-hydrogen) atoms. The number of carbonyl (C=O) groups excluding carboxylic acids is 1. The van der Waals surface area contributed by atoms with Crippen molar-refractivity contribution in [1.29, 1.82) is 0 Å². The number of hydrogen-bond donors (Lipinski definition) is 0. The fourth-order valence-electron chi connectivity index (χ4n) is 2.76. The van der Waals surface area contributed by atoms with E-state index in [1.807, 2.05) is 19.0 Å². The van der Waals surface area contributed by atoms with Crippen molar-refractivity contribution >= 4 is 5.91 Å². The monoisotopic (exact) mass is 322 g/mol. The first-order valence-electron chi connectivity index (χ1n) is 8.33. The smallest absolute Gasteiger partial charge is 0.248 e. The zero-order chi connectivity index (χ0) is 16.7. The van der Waals surface area contributed by atoms with Gasteiger partial charge in [-0.25, -0.2) is 4.39 Å². The van der Waals surface area contributed by atoms with Gasteiger partial charge in [-0.05, 0) is 44.6 Å². The van der Waals surface area contributed by atoms with Crippen LogP contribution in [0, 0.1) is 5.82 Å². The second kappa shape index (κ2) is 8.99. The van der Waals surface area contributed by atoms with E-state index in [1.165, 1.54) is 25.0 Å². The third-order valence-corrected chi connectivity index (χ3v) is 4.20. The minimum absolute atomic E-state index is 0.00285. The quantitative estimate of drug-likeness (QED) is 0.738. The molecular formula is C18H27FN2O2. The van der Waals surface area contributed by atoms with Crippen LogP contribution in [0.25, 0.3) is 0 Å². The summed E-state index contributed by atoms with van der Waals surface area (Å²) in [5.74, 6) is -0.257. The Morgan fingerprint density at radius 2 is 1.83 bits per heavy atom. The van der Waals surface area contributed by atoms with Crippen LogP contribution in [-0.4, -0.2) is 55.6 Å². The Labute approximate surface area is 138 Å². The van der Waals surface area contributed by atoms with E-state index < -0.39 is 0 Å². The van der Waals surface area contributed by atoms with Gasteiger partial charge < -0.3 is 14.5 Å². The molecule has 1 aliphatic carbocycles. The average molecular weight is 322 g/mol. The summed E-state index contributed by atoms with van der Waals surface area (Å²) in [5, 5.41) is 0. The second-order valence-corrected chi connectivity index (χ2v) is 6.46. The van der Waals surface area contributed by atoms with Gasteiger partial charge in [0.25, 0.3) is 0 Å². The molecule has 128 valence electrons. The zero-order valence-electron chi connectivity index (χ0n) is 14.1. The van der Waals surface area contributed by atoms with Crippen LogP contribution in [0.1, 0.15) is 31.2 Å². The fourth-order valence-corrected chi connectivity index (χ4v) is 2.76. The lowest BCUT2D eigenvalue weighted by Crippen LogP contribution is -2.38. The van der Waals surface area contributed by atoms with Crippen molar-refractivity contribution < 1.29 is 13.9 Å². The van der Waals surface area contributed by atoms with Crippen LogP contribution in [-0.2, 0) is 16.1 Å². The van der Waals surface area contributed by atoms with Crippen molar-refractivity contribution in [3.8, 4) is 0 Å². The average Bonchev–Trinajstić information content (AvgIpc) is 3.04. The van der Waals surface area contributed by atoms with Gasteiger partial charge >= 0.3 is 0 Å². The SMILES string of the molecule is CN(C)CCN(Cc1ccc(F)cc1)C(=O)COC1CCCC1. The molecule has 1 saturated carbocycles. The number of hydrogen-bond acceptors (Lipinski definition) is 3.